The Kier molecular flexibility index (Phi) is 7.86. The molecule has 1 unspecified atom stereocenters. The molecule has 0 aromatic heterocycles. The van der Waals surface area contributed by atoms with E-state index in [-0.39, 0.29) is 12.1 Å². The first kappa shape index (κ1) is 23.1. The third-order valence-corrected chi connectivity index (χ3v) is 6.21. The summed E-state index contributed by atoms with van der Waals surface area (Å²) in [5.41, 5.74) is 2.04. The number of rotatable bonds is 8. The quantitative estimate of drug-likeness (QED) is 0.559. The topological polar surface area (TPSA) is 83.1 Å². The average molecular weight is 452 g/mol. The molecular weight excluding hydrogens is 418 g/mol. The highest BCUT2D eigenvalue weighted by atomic mass is 16.6. The van der Waals surface area contributed by atoms with Crippen molar-refractivity contribution in [1.82, 2.24) is 15.5 Å². The van der Waals surface area contributed by atoms with Gasteiger partial charge in [0.15, 0.2) is 11.5 Å². The summed E-state index contributed by atoms with van der Waals surface area (Å²) in [7, 11) is 0. The van der Waals surface area contributed by atoms with Gasteiger partial charge in [-0.3, -0.25) is 0 Å². The summed E-state index contributed by atoms with van der Waals surface area (Å²) < 4.78 is 11.5. The molecule has 1 saturated heterocycles. The third-order valence-electron chi connectivity index (χ3n) is 6.21. The van der Waals surface area contributed by atoms with Gasteiger partial charge < -0.3 is 30.1 Å². The first-order valence-electron chi connectivity index (χ1n) is 11.7. The number of likely N-dealkylation sites (tertiary alicyclic amines) is 1. The van der Waals surface area contributed by atoms with E-state index in [0.717, 1.165) is 49.9 Å². The Bertz CT molecular complexity index is 932. The maximum atomic E-state index is 12.8. The SMILES string of the molecule is CC(NC(=O)N[C@H](CN1CCCC1)[C@@H](O)C1=COC=C(C2=CC=CCC2)O1)c1ccccc1. The first-order valence-corrected chi connectivity index (χ1v) is 11.7. The maximum absolute atomic E-state index is 12.8. The van der Waals surface area contributed by atoms with Gasteiger partial charge in [0.2, 0.25) is 0 Å². The van der Waals surface area contributed by atoms with Crippen LogP contribution >= 0.6 is 0 Å². The molecule has 0 saturated carbocycles. The van der Waals surface area contributed by atoms with Crippen LogP contribution < -0.4 is 10.6 Å². The Hall–Kier alpha value is -3.03. The van der Waals surface area contributed by atoms with Gasteiger partial charge in [-0.2, -0.15) is 0 Å². The molecule has 4 rings (SSSR count). The van der Waals surface area contributed by atoms with E-state index in [1.807, 2.05) is 49.4 Å². The fourth-order valence-electron chi connectivity index (χ4n) is 4.32. The van der Waals surface area contributed by atoms with Crippen molar-refractivity contribution in [3.05, 3.63) is 83.7 Å². The second-order valence-corrected chi connectivity index (χ2v) is 8.71. The molecule has 176 valence electrons. The number of amides is 2. The Labute approximate surface area is 195 Å². The number of carbonyl (C=O) groups is 1. The highest BCUT2D eigenvalue weighted by Gasteiger charge is 2.31. The van der Waals surface area contributed by atoms with Crippen LogP contribution in [0.25, 0.3) is 0 Å². The first-order chi connectivity index (χ1) is 16.1. The summed E-state index contributed by atoms with van der Waals surface area (Å²) in [6, 6.07) is 8.74. The number of aliphatic hydroxyl groups is 1. The molecule has 1 fully saturated rings. The molecule has 7 nitrogen and oxygen atoms in total. The second-order valence-electron chi connectivity index (χ2n) is 8.71. The zero-order valence-corrected chi connectivity index (χ0v) is 19.1. The van der Waals surface area contributed by atoms with Crippen LogP contribution in [-0.4, -0.2) is 47.8 Å². The fourth-order valence-corrected chi connectivity index (χ4v) is 4.32. The van der Waals surface area contributed by atoms with Gasteiger partial charge in [-0.25, -0.2) is 4.79 Å². The Balaban J connectivity index is 1.42. The van der Waals surface area contributed by atoms with Gasteiger partial charge in [-0.05, 0) is 56.8 Å². The lowest BCUT2D eigenvalue weighted by atomic mass is 10.0. The van der Waals surface area contributed by atoms with Crippen LogP contribution in [0.1, 0.15) is 44.2 Å². The molecule has 0 spiro atoms. The summed E-state index contributed by atoms with van der Waals surface area (Å²) in [5, 5.41) is 17.2. The highest BCUT2D eigenvalue weighted by molar-refractivity contribution is 5.75. The van der Waals surface area contributed by atoms with Crippen molar-refractivity contribution < 1.29 is 19.4 Å². The van der Waals surface area contributed by atoms with Gasteiger partial charge in [0, 0.05) is 6.54 Å². The number of urea groups is 1. The van der Waals surface area contributed by atoms with Gasteiger partial charge in [0.25, 0.3) is 0 Å². The molecule has 2 amide bonds. The predicted molar refractivity (Wildman–Crippen MR) is 127 cm³/mol. The minimum absolute atomic E-state index is 0.162. The van der Waals surface area contributed by atoms with E-state index in [4.69, 9.17) is 9.47 Å². The number of aliphatic hydroxyl groups excluding tert-OH is 1. The molecule has 3 aliphatic rings. The van der Waals surface area contributed by atoms with Crippen LogP contribution in [0.15, 0.2) is 78.2 Å². The Morgan fingerprint density at radius 2 is 1.94 bits per heavy atom. The minimum Gasteiger partial charge on any atom is -0.465 e. The summed E-state index contributed by atoms with van der Waals surface area (Å²) in [6.45, 7) is 4.37. The lowest BCUT2D eigenvalue weighted by molar-refractivity contribution is 0.0741. The number of benzene rings is 1. The summed E-state index contributed by atoms with van der Waals surface area (Å²) in [6.07, 6.45) is 12.0. The Morgan fingerprint density at radius 3 is 2.67 bits per heavy atom. The fraction of sp³-hybridized carbons (Fsp3) is 0.423. The van der Waals surface area contributed by atoms with Crippen LogP contribution in [0.5, 0.6) is 0 Å². The lowest BCUT2D eigenvalue weighted by Crippen LogP contribution is -2.53. The third kappa shape index (κ3) is 6.27. The van der Waals surface area contributed by atoms with Crippen LogP contribution in [-0.2, 0) is 9.47 Å². The molecule has 33 heavy (non-hydrogen) atoms. The average Bonchev–Trinajstić information content (AvgIpc) is 3.37. The minimum atomic E-state index is -1.05. The summed E-state index contributed by atoms with van der Waals surface area (Å²) in [4.78, 5) is 15.1. The van der Waals surface area contributed by atoms with Crippen LogP contribution in [0.4, 0.5) is 4.79 Å². The zero-order chi connectivity index (χ0) is 23.0. The molecule has 0 bridgehead atoms. The van der Waals surface area contributed by atoms with E-state index in [1.54, 1.807) is 6.26 Å². The predicted octanol–water partition coefficient (Wildman–Crippen LogP) is 3.88. The molecule has 7 heteroatoms. The number of nitrogens with one attached hydrogen (secondary N) is 2. The van der Waals surface area contributed by atoms with Crippen molar-refractivity contribution in [3.63, 3.8) is 0 Å². The summed E-state index contributed by atoms with van der Waals surface area (Å²) in [5.74, 6) is 0.890. The Morgan fingerprint density at radius 1 is 1.15 bits per heavy atom. The van der Waals surface area contributed by atoms with E-state index in [9.17, 15) is 9.90 Å². The van der Waals surface area contributed by atoms with E-state index < -0.39 is 12.1 Å². The van der Waals surface area contributed by atoms with E-state index in [1.165, 1.54) is 6.26 Å². The molecule has 1 aromatic carbocycles. The van der Waals surface area contributed by atoms with Crippen molar-refractivity contribution >= 4 is 6.03 Å². The van der Waals surface area contributed by atoms with Crippen molar-refractivity contribution in [2.75, 3.05) is 19.6 Å². The van der Waals surface area contributed by atoms with E-state index in [2.05, 4.69) is 21.6 Å². The van der Waals surface area contributed by atoms with Gasteiger partial charge >= 0.3 is 6.03 Å². The largest absolute Gasteiger partial charge is 0.465 e. The normalized spacial score (nSPS) is 21.0. The van der Waals surface area contributed by atoms with E-state index in [0.29, 0.717) is 18.1 Å². The number of nitrogens with zero attached hydrogens (tertiary/aromatic N) is 1. The zero-order valence-electron chi connectivity index (χ0n) is 19.1. The number of allylic oxidation sites excluding steroid dienone is 4. The number of hydrogen-bond donors (Lipinski definition) is 3. The van der Waals surface area contributed by atoms with Crippen molar-refractivity contribution in [3.8, 4) is 0 Å². The monoisotopic (exact) mass is 451 g/mol. The molecule has 0 radical (unpaired) electrons. The van der Waals surface area contributed by atoms with Crippen molar-refractivity contribution in [2.45, 2.75) is 50.8 Å². The molecule has 3 atom stereocenters. The van der Waals surface area contributed by atoms with Gasteiger partial charge in [0.05, 0.1) is 12.1 Å². The smallest absolute Gasteiger partial charge is 0.315 e. The van der Waals surface area contributed by atoms with Crippen LogP contribution in [0.2, 0.25) is 0 Å². The molecule has 2 aliphatic heterocycles. The molecule has 2 heterocycles. The van der Waals surface area contributed by atoms with Gasteiger partial charge in [0.1, 0.15) is 18.6 Å². The second kappa shape index (κ2) is 11.2. The van der Waals surface area contributed by atoms with E-state index >= 15 is 0 Å². The van der Waals surface area contributed by atoms with Crippen molar-refractivity contribution in [2.24, 2.45) is 0 Å². The van der Waals surface area contributed by atoms with Crippen LogP contribution in [0, 0.1) is 0 Å². The molecule has 1 aliphatic carbocycles. The molecule has 3 N–H and O–H groups in total. The van der Waals surface area contributed by atoms with Crippen molar-refractivity contribution in [1.29, 1.82) is 0 Å². The maximum Gasteiger partial charge on any atom is 0.315 e. The van der Waals surface area contributed by atoms with Crippen LogP contribution in [0.3, 0.4) is 0 Å². The molecule has 1 aromatic rings. The standard InChI is InChI=1S/C26H33N3O4/c1-19(20-10-4-2-5-11-20)27-26(31)28-22(16-29-14-8-9-15-29)25(30)24-18-32-17-23(33-24)21-12-6-3-7-13-21/h2-6,10-12,17-19,22,25,30H,7-9,13-16H2,1H3,(H2,27,28,31)/t19?,22-,25-/m1/s1. The number of hydrogen-bond acceptors (Lipinski definition) is 5. The molecular formula is C26H33N3O4. The number of carbonyl (C=O) groups excluding carboxylic acids is 1. The van der Waals surface area contributed by atoms with Gasteiger partial charge in [-0.1, -0.05) is 48.6 Å². The lowest BCUT2D eigenvalue weighted by Gasteiger charge is -2.31. The number of ether oxygens (including phenoxy) is 2. The summed E-state index contributed by atoms with van der Waals surface area (Å²) >= 11 is 0. The van der Waals surface area contributed by atoms with Gasteiger partial charge in [-0.15, -0.1) is 0 Å². The highest BCUT2D eigenvalue weighted by Crippen LogP contribution is 2.28.